The van der Waals surface area contributed by atoms with Crippen molar-refractivity contribution in [2.24, 2.45) is 0 Å². The third-order valence-corrected chi connectivity index (χ3v) is 13.2. The summed E-state index contributed by atoms with van der Waals surface area (Å²) in [5.74, 6) is -0.0610. The molecule has 0 saturated heterocycles. The molecular weight excluding hydrogens is 807 g/mol. The van der Waals surface area contributed by atoms with Crippen molar-refractivity contribution in [3.8, 4) is 0 Å². The summed E-state index contributed by atoms with van der Waals surface area (Å²) in [6.45, 7) is 4.22. The zero-order valence-electron chi connectivity index (χ0n) is 44.2. The molecule has 2 unspecified atom stereocenters. The molecule has 0 saturated carbocycles. The molecule has 1 amide bonds. The summed E-state index contributed by atoms with van der Waals surface area (Å²) in [4.78, 5) is 12.5. The second kappa shape index (κ2) is 57.1. The van der Waals surface area contributed by atoms with Crippen LogP contribution < -0.4 is 5.32 Å². The van der Waals surface area contributed by atoms with Crippen LogP contribution in [0.4, 0.5) is 0 Å². The number of aliphatic hydroxyl groups is 2. The Hall–Kier alpha value is -2.17. The summed E-state index contributed by atoms with van der Waals surface area (Å²) in [5, 5.41) is 23.2. The van der Waals surface area contributed by atoms with Crippen molar-refractivity contribution in [3.05, 3.63) is 72.9 Å². The number of aliphatic hydroxyl groups excluding tert-OH is 2. The first-order valence-corrected chi connectivity index (χ1v) is 29.2. The molecule has 0 rings (SSSR count). The van der Waals surface area contributed by atoms with Gasteiger partial charge in [0.25, 0.3) is 0 Å². The largest absolute Gasteiger partial charge is 0.394 e. The number of carbonyl (C=O) groups excluding carboxylic acids is 1. The van der Waals surface area contributed by atoms with Crippen LogP contribution in [0.1, 0.15) is 296 Å². The summed E-state index contributed by atoms with van der Waals surface area (Å²) in [6, 6.07) is -0.624. The standard InChI is InChI=1S/C62H113NO3/c1-3-5-7-9-11-13-15-17-19-21-23-24-25-26-27-28-29-30-31-32-33-34-35-36-37-38-40-42-44-46-48-50-52-54-56-58-62(66)63-60(59-64)61(65)57-55-53-51-49-47-45-43-41-39-22-20-18-16-14-12-10-8-6-4-2/h5,7,11,13,17,19,23-24,26-27,55,57,60-61,64-65H,3-4,6,8-10,12,14-16,18,20-22,25,28-54,56,58-59H2,1-2H3,(H,63,66)/b7-5-,13-11-,19-17-,24-23-,27-26-,57-55+. The molecule has 0 bridgehead atoms. The van der Waals surface area contributed by atoms with Gasteiger partial charge in [-0.1, -0.05) is 299 Å². The van der Waals surface area contributed by atoms with Gasteiger partial charge in [-0.2, -0.15) is 0 Å². The minimum absolute atomic E-state index is 0.0610. The molecule has 0 aromatic carbocycles. The van der Waals surface area contributed by atoms with Crippen molar-refractivity contribution >= 4 is 5.91 Å². The lowest BCUT2D eigenvalue weighted by atomic mass is 10.0. The maximum absolute atomic E-state index is 12.5. The summed E-state index contributed by atoms with van der Waals surface area (Å²) in [6.07, 6.45) is 82.1. The molecule has 0 heterocycles. The predicted molar refractivity (Wildman–Crippen MR) is 294 cm³/mol. The van der Waals surface area contributed by atoms with E-state index < -0.39 is 12.1 Å². The number of carbonyl (C=O) groups is 1. The zero-order valence-corrected chi connectivity index (χ0v) is 44.2. The van der Waals surface area contributed by atoms with Crippen molar-refractivity contribution in [2.75, 3.05) is 6.61 Å². The van der Waals surface area contributed by atoms with E-state index in [1.54, 1.807) is 6.08 Å². The Labute approximate surface area is 412 Å². The third-order valence-electron chi connectivity index (χ3n) is 13.2. The van der Waals surface area contributed by atoms with Gasteiger partial charge in [0.2, 0.25) is 5.91 Å². The molecule has 0 spiro atoms. The molecule has 2 atom stereocenters. The number of amides is 1. The summed E-state index contributed by atoms with van der Waals surface area (Å²) in [5.41, 5.74) is 0. The smallest absolute Gasteiger partial charge is 0.220 e. The van der Waals surface area contributed by atoms with E-state index in [1.807, 2.05) is 6.08 Å². The van der Waals surface area contributed by atoms with Crippen LogP contribution >= 0.6 is 0 Å². The van der Waals surface area contributed by atoms with Crippen molar-refractivity contribution < 1.29 is 15.0 Å². The molecule has 0 aromatic heterocycles. The molecular formula is C62H113NO3. The molecule has 384 valence electrons. The Bertz CT molecular complexity index is 1130. The highest BCUT2D eigenvalue weighted by Gasteiger charge is 2.18. The average Bonchev–Trinajstić information content (AvgIpc) is 3.32. The van der Waals surface area contributed by atoms with Gasteiger partial charge in [0.1, 0.15) is 0 Å². The first kappa shape index (κ1) is 63.8. The Morgan fingerprint density at radius 1 is 0.379 bits per heavy atom. The Morgan fingerprint density at radius 2 is 0.667 bits per heavy atom. The second-order valence-corrected chi connectivity index (χ2v) is 19.7. The van der Waals surface area contributed by atoms with E-state index in [2.05, 4.69) is 79.9 Å². The van der Waals surface area contributed by atoms with Gasteiger partial charge in [0.15, 0.2) is 0 Å². The third kappa shape index (κ3) is 52.8. The first-order chi connectivity index (χ1) is 32.7. The van der Waals surface area contributed by atoms with Gasteiger partial charge in [-0.05, 0) is 64.2 Å². The Balaban J connectivity index is 3.47. The number of nitrogens with one attached hydrogen (secondary N) is 1. The monoisotopic (exact) mass is 920 g/mol. The molecule has 0 aliphatic rings. The summed E-state index contributed by atoms with van der Waals surface area (Å²) in [7, 11) is 0. The highest BCUT2D eigenvalue weighted by Crippen LogP contribution is 2.17. The van der Waals surface area contributed by atoms with E-state index in [0.717, 1.165) is 57.8 Å². The highest BCUT2D eigenvalue weighted by molar-refractivity contribution is 5.76. The van der Waals surface area contributed by atoms with E-state index in [-0.39, 0.29) is 12.5 Å². The highest BCUT2D eigenvalue weighted by atomic mass is 16.3. The summed E-state index contributed by atoms with van der Waals surface area (Å²) < 4.78 is 0. The normalized spacial score (nSPS) is 13.3. The SMILES string of the molecule is CC/C=C\C/C=C\C/C=C\C/C=C\C/C=C\CCCCCCCCCCCCCCCCCCCCCC(=O)NC(CO)C(O)/C=C/CCCCCCCCCCCCCCCCCCC. The topological polar surface area (TPSA) is 69.6 Å². The van der Waals surface area contributed by atoms with Crippen LogP contribution in [0.3, 0.4) is 0 Å². The van der Waals surface area contributed by atoms with Crippen molar-refractivity contribution in [2.45, 2.75) is 309 Å². The summed E-state index contributed by atoms with van der Waals surface area (Å²) >= 11 is 0. The number of hydrogen-bond donors (Lipinski definition) is 3. The Morgan fingerprint density at radius 3 is 1.00 bits per heavy atom. The van der Waals surface area contributed by atoms with Crippen molar-refractivity contribution in [1.29, 1.82) is 0 Å². The molecule has 0 radical (unpaired) electrons. The minimum Gasteiger partial charge on any atom is -0.394 e. The molecule has 4 heteroatoms. The lowest BCUT2D eigenvalue weighted by Gasteiger charge is -2.20. The van der Waals surface area contributed by atoms with Crippen LogP contribution in [-0.4, -0.2) is 34.9 Å². The Kier molecular flexibility index (Phi) is 55.3. The van der Waals surface area contributed by atoms with Crippen LogP contribution in [-0.2, 0) is 4.79 Å². The van der Waals surface area contributed by atoms with Crippen LogP contribution in [0.25, 0.3) is 0 Å². The molecule has 66 heavy (non-hydrogen) atoms. The maximum Gasteiger partial charge on any atom is 0.220 e. The molecule has 0 fully saturated rings. The van der Waals surface area contributed by atoms with Crippen LogP contribution in [0.5, 0.6) is 0 Å². The van der Waals surface area contributed by atoms with Crippen molar-refractivity contribution in [3.63, 3.8) is 0 Å². The maximum atomic E-state index is 12.5. The fraction of sp³-hybridized carbons (Fsp3) is 0.790. The van der Waals surface area contributed by atoms with E-state index >= 15 is 0 Å². The fourth-order valence-electron chi connectivity index (χ4n) is 8.80. The number of hydrogen-bond acceptors (Lipinski definition) is 3. The van der Waals surface area contributed by atoms with E-state index in [1.165, 1.54) is 218 Å². The zero-order chi connectivity index (χ0) is 47.7. The number of allylic oxidation sites excluding steroid dienone is 11. The van der Waals surface area contributed by atoms with Gasteiger partial charge in [-0.25, -0.2) is 0 Å². The van der Waals surface area contributed by atoms with Crippen molar-refractivity contribution in [1.82, 2.24) is 5.32 Å². The molecule has 0 aliphatic heterocycles. The molecule has 0 aromatic rings. The van der Waals surface area contributed by atoms with Gasteiger partial charge in [-0.3, -0.25) is 4.79 Å². The van der Waals surface area contributed by atoms with Gasteiger partial charge in [-0.15, -0.1) is 0 Å². The minimum atomic E-state index is -0.840. The molecule has 0 aliphatic carbocycles. The fourth-order valence-corrected chi connectivity index (χ4v) is 8.80. The van der Waals surface area contributed by atoms with Crippen LogP contribution in [0.15, 0.2) is 72.9 Å². The van der Waals surface area contributed by atoms with Gasteiger partial charge >= 0.3 is 0 Å². The predicted octanol–water partition coefficient (Wildman–Crippen LogP) is 19.4. The molecule has 3 N–H and O–H groups in total. The molecule has 4 nitrogen and oxygen atoms in total. The van der Waals surface area contributed by atoms with E-state index in [0.29, 0.717) is 6.42 Å². The van der Waals surface area contributed by atoms with E-state index in [9.17, 15) is 15.0 Å². The van der Waals surface area contributed by atoms with Gasteiger partial charge in [0, 0.05) is 6.42 Å². The van der Waals surface area contributed by atoms with Crippen LogP contribution in [0, 0.1) is 0 Å². The van der Waals surface area contributed by atoms with Gasteiger partial charge in [0.05, 0.1) is 18.8 Å². The second-order valence-electron chi connectivity index (χ2n) is 19.7. The lowest BCUT2D eigenvalue weighted by Crippen LogP contribution is -2.45. The van der Waals surface area contributed by atoms with E-state index in [4.69, 9.17) is 0 Å². The first-order valence-electron chi connectivity index (χ1n) is 29.2. The van der Waals surface area contributed by atoms with Gasteiger partial charge < -0.3 is 15.5 Å². The lowest BCUT2D eigenvalue weighted by molar-refractivity contribution is -0.123. The number of rotatable bonds is 53. The number of unbranched alkanes of at least 4 members (excludes halogenated alkanes) is 36. The van der Waals surface area contributed by atoms with Crippen LogP contribution in [0.2, 0.25) is 0 Å². The average molecular weight is 921 g/mol. The quantitative estimate of drug-likeness (QED) is 0.0421.